The van der Waals surface area contributed by atoms with Crippen LogP contribution in [0.25, 0.3) is 22.2 Å². The Balaban J connectivity index is 1.65. The van der Waals surface area contributed by atoms with E-state index >= 15 is 0 Å². The summed E-state index contributed by atoms with van der Waals surface area (Å²) in [6.07, 6.45) is 8.08. The number of aromatic nitrogens is 3. The third-order valence-electron chi connectivity index (χ3n) is 5.36. The molecule has 4 rings (SSSR count). The van der Waals surface area contributed by atoms with Crippen LogP contribution in [0.1, 0.15) is 5.56 Å². The SMILES string of the molecule is CN=CC(=CN)c1ccc2cnn(-c3ccnc(N4CCN(S(C)(=O)=O)CC4)c3)c2c1. The van der Waals surface area contributed by atoms with Crippen molar-refractivity contribution in [1.82, 2.24) is 19.1 Å². The topological polar surface area (TPSA) is 110 Å². The summed E-state index contributed by atoms with van der Waals surface area (Å²) in [5.41, 5.74) is 9.37. The molecule has 10 heteroatoms. The molecule has 162 valence electrons. The highest BCUT2D eigenvalue weighted by atomic mass is 32.2. The number of anilines is 1. The fourth-order valence-electron chi connectivity index (χ4n) is 3.72. The van der Waals surface area contributed by atoms with Gasteiger partial charge in [0.1, 0.15) is 5.82 Å². The Morgan fingerprint density at radius 2 is 1.94 bits per heavy atom. The van der Waals surface area contributed by atoms with Gasteiger partial charge in [0, 0.05) is 68.9 Å². The van der Waals surface area contributed by atoms with Crippen LogP contribution in [0.2, 0.25) is 0 Å². The third-order valence-corrected chi connectivity index (χ3v) is 6.66. The molecular formula is C21H25N7O2S. The van der Waals surface area contributed by atoms with Gasteiger partial charge < -0.3 is 10.6 Å². The number of sulfonamides is 1. The van der Waals surface area contributed by atoms with E-state index in [-0.39, 0.29) is 0 Å². The number of hydrogen-bond acceptors (Lipinski definition) is 7. The predicted molar refractivity (Wildman–Crippen MR) is 124 cm³/mol. The van der Waals surface area contributed by atoms with Crippen molar-refractivity contribution >= 4 is 38.5 Å². The number of nitrogens with zero attached hydrogens (tertiary/aromatic N) is 6. The van der Waals surface area contributed by atoms with Crippen LogP contribution in [-0.4, -0.2) is 73.2 Å². The van der Waals surface area contributed by atoms with E-state index in [4.69, 9.17) is 5.73 Å². The molecule has 1 saturated heterocycles. The van der Waals surface area contributed by atoms with Crippen LogP contribution >= 0.6 is 0 Å². The van der Waals surface area contributed by atoms with E-state index < -0.39 is 10.0 Å². The van der Waals surface area contributed by atoms with Crippen molar-refractivity contribution in [3.63, 3.8) is 0 Å². The van der Waals surface area contributed by atoms with E-state index in [1.165, 1.54) is 16.8 Å². The normalized spacial score (nSPS) is 16.5. The van der Waals surface area contributed by atoms with Gasteiger partial charge in [0.2, 0.25) is 10.0 Å². The number of pyridine rings is 1. The number of rotatable bonds is 5. The molecule has 9 nitrogen and oxygen atoms in total. The van der Waals surface area contributed by atoms with Gasteiger partial charge in [0.15, 0.2) is 0 Å². The van der Waals surface area contributed by atoms with Crippen LogP contribution in [0.15, 0.2) is 53.9 Å². The average Bonchev–Trinajstić information content (AvgIpc) is 3.20. The molecule has 0 bridgehead atoms. The highest BCUT2D eigenvalue weighted by Crippen LogP contribution is 2.24. The van der Waals surface area contributed by atoms with E-state index in [1.807, 2.05) is 41.2 Å². The summed E-state index contributed by atoms with van der Waals surface area (Å²) in [5, 5.41) is 5.57. The quantitative estimate of drug-likeness (QED) is 0.604. The second-order valence-electron chi connectivity index (χ2n) is 7.36. The standard InChI is InChI=1S/C21H25N7O2S/c1-23-14-18(13-22)16-3-4-17-15-25-28(20(17)11-16)19-5-6-24-21(12-19)26-7-9-27(10-8-26)31(2,29)30/h3-6,11-15H,7-10,22H2,1-2H3. The Bertz CT molecular complexity index is 1260. The first-order valence-corrected chi connectivity index (χ1v) is 11.7. The van der Waals surface area contributed by atoms with Gasteiger partial charge in [0.05, 0.1) is 23.7 Å². The lowest BCUT2D eigenvalue weighted by Gasteiger charge is -2.34. The van der Waals surface area contributed by atoms with Gasteiger partial charge in [0.25, 0.3) is 0 Å². The Morgan fingerprint density at radius 3 is 2.61 bits per heavy atom. The largest absolute Gasteiger partial charge is 0.404 e. The maximum Gasteiger partial charge on any atom is 0.211 e. The molecule has 0 aliphatic carbocycles. The molecule has 2 N–H and O–H groups in total. The molecule has 3 heterocycles. The number of piperazine rings is 1. The Kier molecular flexibility index (Phi) is 5.75. The molecule has 0 spiro atoms. The van der Waals surface area contributed by atoms with Crippen LogP contribution in [0.5, 0.6) is 0 Å². The minimum Gasteiger partial charge on any atom is -0.404 e. The zero-order valence-electron chi connectivity index (χ0n) is 17.5. The first-order valence-electron chi connectivity index (χ1n) is 9.89. The molecule has 0 radical (unpaired) electrons. The van der Waals surface area contributed by atoms with Crippen LogP contribution in [0.4, 0.5) is 5.82 Å². The summed E-state index contributed by atoms with van der Waals surface area (Å²) >= 11 is 0. The highest BCUT2D eigenvalue weighted by molar-refractivity contribution is 7.88. The number of allylic oxidation sites excluding steroid dienone is 1. The molecule has 0 saturated carbocycles. The minimum atomic E-state index is -3.17. The maximum atomic E-state index is 11.8. The molecule has 1 aliphatic rings. The number of aliphatic imine (C=N–C) groups is 1. The van der Waals surface area contributed by atoms with Gasteiger partial charge in [-0.1, -0.05) is 12.1 Å². The van der Waals surface area contributed by atoms with E-state index in [2.05, 4.69) is 20.0 Å². The van der Waals surface area contributed by atoms with Crippen molar-refractivity contribution in [2.45, 2.75) is 0 Å². The monoisotopic (exact) mass is 439 g/mol. The van der Waals surface area contributed by atoms with Gasteiger partial charge in [-0.3, -0.25) is 4.99 Å². The van der Waals surface area contributed by atoms with Crippen molar-refractivity contribution in [3.8, 4) is 5.69 Å². The maximum absolute atomic E-state index is 11.8. The number of fused-ring (bicyclic) bond motifs is 1. The van der Waals surface area contributed by atoms with Crippen molar-refractivity contribution in [1.29, 1.82) is 0 Å². The number of nitrogens with two attached hydrogens (primary N) is 1. The molecule has 0 atom stereocenters. The van der Waals surface area contributed by atoms with Crippen molar-refractivity contribution in [2.24, 2.45) is 10.7 Å². The van der Waals surface area contributed by atoms with E-state index in [0.29, 0.717) is 26.2 Å². The van der Waals surface area contributed by atoms with Gasteiger partial charge >= 0.3 is 0 Å². The van der Waals surface area contributed by atoms with Gasteiger partial charge in [-0.05, 0) is 17.7 Å². The van der Waals surface area contributed by atoms with Crippen LogP contribution in [0, 0.1) is 0 Å². The van der Waals surface area contributed by atoms with Gasteiger partial charge in [-0.25, -0.2) is 18.1 Å². The molecule has 1 aliphatic heterocycles. The molecular weight excluding hydrogens is 414 g/mol. The second-order valence-corrected chi connectivity index (χ2v) is 9.34. The fraction of sp³-hybridized carbons (Fsp3) is 0.286. The lowest BCUT2D eigenvalue weighted by molar-refractivity contribution is 0.387. The van der Waals surface area contributed by atoms with Crippen LogP contribution < -0.4 is 10.6 Å². The summed E-state index contributed by atoms with van der Waals surface area (Å²) in [4.78, 5) is 10.7. The number of benzene rings is 1. The van der Waals surface area contributed by atoms with Crippen molar-refractivity contribution < 1.29 is 8.42 Å². The van der Waals surface area contributed by atoms with Crippen LogP contribution in [-0.2, 0) is 10.0 Å². The zero-order valence-corrected chi connectivity index (χ0v) is 18.3. The molecule has 3 aromatic rings. The molecule has 0 unspecified atom stereocenters. The third kappa shape index (κ3) is 4.30. The Morgan fingerprint density at radius 1 is 1.16 bits per heavy atom. The van der Waals surface area contributed by atoms with Gasteiger partial charge in [-0.2, -0.15) is 9.40 Å². The lowest BCUT2D eigenvalue weighted by atomic mass is 10.1. The summed E-state index contributed by atoms with van der Waals surface area (Å²) in [5.74, 6) is 0.797. The van der Waals surface area contributed by atoms with E-state index in [1.54, 1.807) is 19.5 Å². The van der Waals surface area contributed by atoms with E-state index in [0.717, 1.165) is 33.5 Å². The molecule has 31 heavy (non-hydrogen) atoms. The average molecular weight is 440 g/mol. The highest BCUT2D eigenvalue weighted by Gasteiger charge is 2.24. The predicted octanol–water partition coefficient (Wildman–Crippen LogP) is 1.50. The zero-order chi connectivity index (χ0) is 22.0. The first kappa shape index (κ1) is 21.0. The smallest absolute Gasteiger partial charge is 0.211 e. The first-order chi connectivity index (χ1) is 14.9. The molecule has 1 fully saturated rings. The fourth-order valence-corrected chi connectivity index (χ4v) is 4.54. The van der Waals surface area contributed by atoms with Crippen molar-refractivity contribution in [2.75, 3.05) is 44.4 Å². The molecule has 0 amide bonds. The number of hydrogen-bond donors (Lipinski definition) is 1. The summed E-state index contributed by atoms with van der Waals surface area (Å²) < 4.78 is 26.9. The van der Waals surface area contributed by atoms with E-state index in [9.17, 15) is 8.42 Å². The molecule has 1 aromatic carbocycles. The second kappa shape index (κ2) is 8.48. The summed E-state index contributed by atoms with van der Waals surface area (Å²) in [7, 11) is -1.46. The molecule has 2 aromatic heterocycles. The minimum absolute atomic E-state index is 0.450. The Hall–Kier alpha value is -3.24. The van der Waals surface area contributed by atoms with Crippen molar-refractivity contribution in [3.05, 3.63) is 54.5 Å². The lowest BCUT2D eigenvalue weighted by Crippen LogP contribution is -2.48. The summed E-state index contributed by atoms with van der Waals surface area (Å²) in [6, 6.07) is 9.92. The van der Waals surface area contributed by atoms with Crippen LogP contribution in [0.3, 0.4) is 0 Å². The van der Waals surface area contributed by atoms with Gasteiger partial charge in [-0.15, -0.1) is 0 Å². The summed E-state index contributed by atoms with van der Waals surface area (Å²) in [6.45, 7) is 2.08. The Labute approximate surface area is 181 Å².